The minimum atomic E-state index is 0.328. The fraction of sp³-hybridized carbons (Fsp3) is 0.909. The van der Waals surface area contributed by atoms with Crippen molar-refractivity contribution in [3.8, 4) is 6.07 Å². The number of nitriles is 1. The zero-order valence-electron chi connectivity index (χ0n) is 8.38. The van der Waals surface area contributed by atoms with Gasteiger partial charge in [-0.3, -0.25) is 0 Å². The molecule has 0 radical (unpaired) electrons. The third-order valence-electron chi connectivity index (χ3n) is 3.19. The molecule has 1 aliphatic carbocycles. The molecule has 0 aromatic carbocycles. The van der Waals surface area contributed by atoms with Crippen molar-refractivity contribution >= 4 is 0 Å². The van der Waals surface area contributed by atoms with Crippen LogP contribution < -0.4 is 0 Å². The van der Waals surface area contributed by atoms with Gasteiger partial charge in [0.2, 0.25) is 0 Å². The zero-order valence-corrected chi connectivity index (χ0v) is 8.38. The van der Waals surface area contributed by atoms with E-state index in [1.54, 1.807) is 0 Å². The predicted octanol–water partition coefficient (Wildman–Crippen LogP) is 3.22. The number of hydrogen-bond donors (Lipinski definition) is 0. The molecule has 0 aromatic rings. The molecule has 1 nitrogen and oxygen atoms in total. The van der Waals surface area contributed by atoms with Gasteiger partial charge in [0.25, 0.3) is 0 Å². The maximum Gasteiger partial charge on any atom is 0.0658 e. The van der Waals surface area contributed by atoms with Gasteiger partial charge in [0, 0.05) is 5.92 Å². The molecule has 1 aliphatic rings. The molecule has 0 saturated heterocycles. The summed E-state index contributed by atoms with van der Waals surface area (Å²) < 4.78 is 0. The molecule has 0 bridgehead atoms. The van der Waals surface area contributed by atoms with Crippen molar-refractivity contribution in [2.24, 2.45) is 23.7 Å². The van der Waals surface area contributed by atoms with Crippen molar-refractivity contribution in [1.82, 2.24) is 0 Å². The lowest BCUT2D eigenvalue weighted by Gasteiger charge is -2.33. The Bertz CT molecular complexity index is 178. The smallest absolute Gasteiger partial charge is 0.0658 e. The summed E-state index contributed by atoms with van der Waals surface area (Å²) in [5.41, 5.74) is 0. The summed E-state index contributed by atoms with van der Waals surface area (Å²) >= 11 is 0. The van der Waals surface area contributed by atoms with E-state index in [-0.39, 0.29) is 0 Å². The van der Waals surface area contributed by atoms with Crippen molar-refractivity contribution in [3.05, 3.63) is 0 Å². The second-order valence-electron chi connectivity index (χ2n) is 4.56. The van der Waals surface area contributed by atoms with E-state index in [2.05, 4.69) is 26.8 Å². The molecule has 0 heterocycles. The summed E-state index contributed by atoms with van der Waals surface area (Å²) in [5, 5.41) is 8.98. The maximum atomic E-state index is 8.98. The molecule has 3 atom stereocenters. The SMILES string of the molecule is CC(C)C1CC[C@@H](C)C[C@@H]1C#N. The summed E-state index contributed by atoms with van der Waals surface area (Å²) in [6.45, 7) is 6.75. The highest BCUT2D eigenvalue weighted by Gasteiger charge is 2.30. The third-order valence-corrected chi connectivity index (χ3v) is 3.19. The Balaban J connectivity index is 2.58. The van der Waals surface area contributed by atoms with Crippen LogP contribution in [-0.2, 0) is 0 Å². The third kappa shape index (κ3) is 2.00. The van der Waals surface area contributed by atoms with Crippen LogP contribution in [0.3, 0.4) is 0 Å². The molecule has 12 heavy (non-hydrogen) atoms. The van der Waals surface area contributed by atoms with E-state index in [1.165, 1.54) is 12.8 Å². The van der Waals surface area contributed by atoms with E-state index in [0.29, 0.717) is 17.8 Å². The Morgan fingerprint density at radius 2 is 2.00 bits per heavy atom. The summed E-state index contributed by atoms with van der Waals surface area (Å²) in [7, 11) is 0. The van der Waals surface area contributed by atoms with Gasteiger partial charge < -0.3 is 0 Å². The first-order valence-corrected chi connectivity index (χ1v) is 5.04. The highest BCUT2D eigenvalue weighted by Crippen LogP contribution is 2.37. The van der Waals surface area contributed by atoms with Crippen LogP contribution in [0.1, 0.15) is 40.0 Å². The van der Waals surface area contributed by atoms with E-state index >= 15 is 0 Å². The van der Waals surface area contributed by atoms with E-state index in [9.17, 15) is 0 Å². The van der Waals surface area contributed by atoms with Gasteiger partial charge in [0.05, 0.1) is 6.07 Å². The molecule has 0 spiro atoms. The van der Waals surface area contributed by atoms with Gasteiger partial charge in [-0.15, -0.1) is 0 Å². The van der Waals surface area contributed by atoms with E-state index < -0.39 is 0 Å². The number of nitrogens with zero attached hydrogens (tertiary/aromatic N) is 1. The highest BCUT2D eigenvalue weighted by atomic mass is 14.4. The second-order valence-corrected chi connectivity index (χ2v) is 4.56. The van der Waals surface area contributed by atoms with Crippen LogP contribution in [0.2, 0.25) is 0 Å². The molecule has 0 N–H and O–H groups in total. The lowest BCUT2D eigenvalue weighted by Crippen LogP contribution is -2.26. The fourth-order valence-electron chi connectivity index (χ4n) is 2.35. The maximum absolute atomic E-state index is 8.98. The van der Waals surface area contributed by atoms with Crippen LogP contribution >= 0.6 is 0 Å². The Hall–Kier alpha value is -0.510. The van der Waals surface area contributed by atoms with Gasteiger partial charge in [0.15, 0.2) is 0 Å². The van der Waals surface area contributed by atoms with Gasteiger partial charge in [-0.05, 0) is 30.6 Å². The fourth-order valence-corrected chi connectivity index (χ4v) is 2.35. The summed E-state index contributed by atoms with van der Waals surface area (Å²) in [6.07, 6.45) is 3.71. The van der Waals surface area contributed by atoms with Gasteiger partial charge in [-0.2, -0.15) is 5.26 Å². The number of rotatable bonds is 1. The largest absolute Gasteiger partial charge is 0.198 e. The molecule has 1 fully saturated rings. The summed E-state index contributed by atoms with van der Waals surface area (Å²) in [5.74, 6) is 2.44. The van der Waals surface area contributed by atoms with Crippen molar-refractivity contribution in [2.75, 3.05) is 0 Å². The Morgan fingerprint density at radius 3 is 2.50 bits per heavy atom. The average molecular weight is 165 g/mol. The van der Waals surface area contributed by atoms with Gasteiger partial charge >= 0.3 is 0 Å². The van der Waals surface area contributed by atoms with Crippen molar-refractivity contribution < 1.29 is 0 Å². The Labute approximate surface area is 75.8 Å². The van der Waals surface area contributed by atoms with E-state index in [0.717, 1.165) is 12.3 Å². The van der Waals surface area contributed by atoms with Gasteiger partial charge in [-0.1, -0.05) is 27.2 Å². The number of hydrogen-bond acceptors (Lipinski definition) is 1. The molecule has 0 aliphatic heterocycles. The van der Waals surface area contributed by atoms with Crippen LogP contribution in [0.4, 0.5) is 0 Å². The minimum Gasteiger partial charge on any atom is -0.198 e. The highest BCUT2D eigenvalue weighted by molar-refractivity contribution is 4.93. The average Bonchev–Trinajstić information content (AvgIpc) is 2.03. The molecule has 1 heteroatoms. The minimum absolute atomic E-state index is 0.328. The van der Waals surface area contributed by atoms with E-state index in [4.69, 9.17) is 5.26 Å². The molecule has 0 aromatic heterocycles. The van der Waals surface area contributed by atoms with Crippen LogP contribution in [-0.4, -0.2) is 0 Å². The predicted molar refractivity (Wildman–Crippen MR) is 50.4 cm³/mol. The second kappa shape index (κ2) is 3.94. The van der Waals surface area contributed by atoms with Crippen LogP contribution in [0, 0.1) is 35.0 Å². The first-order valence-electron chi connectivity index (χ1n) is 5.04. The lowest BCUT2D eigenvalue weighted by atomic mass is 9.71. The van der Waals surface area contributed by atoms with Crippen LogP contribution in [0.15, 0.2) is 0 Å². The molecule has 1 saturated carbocycles. The Kier molecular flexibility index (Phi) is 3.14. The zero-order chi connectivity index (χ0) is 9.14. The standard InChI is InChI=1S/C11H19N/c1-8(2)11-5-4-9(3)6-10(11)7-12/h8-11H,4-6H2,1-3H3/t9-,10-,11?/m1/s1. The molecular formula is C11H19N. The van der Waals surface area contributed by atoms with Crippen molar-refractivity contribution in [1.29, 1.82) is 5.26 Å². The Morgan fingerprint density at radius 1 is 1.33 bits per heavy atom. The first-order chi connectivity index (χ1) is 5.65. The van der Waals surface area contributed by atoms with Crippen LogP contribution in [0.25, 0.3) is 0 Å². The molecule has 68 valence electrons. The van der Waals surface area contributed by atoms with Gasteiger partial charge in [0.1, 0.15) is 0 Å². The van der Waals surface area contributed by atoms with Gasteiger partial charge in [-0.25, -0.2) is 0 Å². The molecule has 1 rings (SSSR count). The monoisotopic (exact) mass is 165 g/mol. The first kappa shape index (κ1) is 9.58. The van der Waals surface area contributed by atoms with E-state index in [1.807, 2.05) is 0 Å². The van der Waals surface area contributed by atoms with Crippen LogP contribution in [0.5, 0.6) is 0 Å². The normalized spacial score (nSPS) is 36.4. The quantitative estimate of drug-likeness (QED) is 0.585. The topological polar surface area (TPSA) is 23.8 Å². The molecule has 0 amide bonds. The van der Waals surface area contributed by atoms with Crippen molar-refractivity contribution in [2.45, 2.75) is 40.0 Å². The lowest BCUT2D eigenvalue weighted by molar-refractivity contribution is 0.183. The molecular weight excluding hydrogens is 146 g/mol. The molecule has 1 unspecified atom stereocenters. The summed E-state index contributed by atoms with van der Waals surface area (Å²) in [6, 6.07) is 2.47. The van der Waals surface area contributed by atoms with Crippen molar-refractivity contribution in [3.63, 3.8) is 0 Å². The summed E-state index contributed by atoms with van der Waals surface area (Å²) in [4.78, 5) is 0.